The van der Waals surface area contributed by atoms with Gasteiger partial charge in [-0.05, 0) is 63.3 Å². The van der Waals surface area contributed by atoms with Crippen LogP contribution in [0.1, 0.15) is 66.4 Å². The van der Waals surface area contributed by atoms with Crippen LogP contribution in [0.15, 0.2) is 24.3 Å². The molecule has 5 heteroatoms. The minimum atomic E-state index is -0.338. The molecule has 0 amide bonds. The fraction of sp³-hybridized carbons (Fsp3) is 0.455. The van der Waals surface area contributed by atoms with E-state index in [1.54, 1.807) is 0 Å². The largest absolute Gasteiger partial charge is 0.507 e. The Morgan fingerprint density at radius 3 is 1.70 bits per heavy atom. The Morgan fingerprint density at radius 2 is 1.33 bits per heavy atom. The Kier molecular flexibility index (Phi) is 4.66. The van der Waals surface area contributed by atoms with E-state index in [-0.39, 0.29) is 11.6 Å². The molecule has 0 aliphatic rings. The van der Waals surface area contributed by atoms with Gasteiger partial charge in [0.15, 0.2) is 6.17 Å². The number of rotatable bonds is 3. The summed E-state index contributed by atoms with van der Waals surface area (Å²) in [6.45, 7) is 16.4. The van der Waals surface area contributed by atoms with Gasteiger partial charge in [-0.1, -0.05) is 32.9 Å². The van der Waals surface area contributed by atoms with Crippen LogP contribution in [-0.4, -0.2) is 24.7 Å². The minimum absolute atomic E-state index is 0.165. The van der Waals surface area contributed by atoms with E-state index in [9.17, 15) is 5.11 Å². The molecule has 144 valence electrons. The topological polar surface area (TPSA) is 55.9 Å². The fourth-order valence-corrected chi connectivity index (χ4v) is 3.78. The van der Waals surface area contributed by atoms with E-state index in [0.29, 0.717) is 5.75 Å². The molecule has 0 saturated carbocycles. The lowest BCUT2D eigenvalue weighted by Crippen LogP contribution is -2.26. The predicted octanol–water partition coefficient (Wildman–Crippen LogP) is 4.72. The Bertz CT molecular complexity index is 942. The molecule has 0 radical (unpaired) electrons. The van der Waals surface area contributed by atoms with Gasteiger partial charge in [-0.3, -0.25) is 0 Å². The van der Waals surface area contributed by atoms with Crippen LogP contribution in [0.5, 0.6) is 5.75 Å². The van der Waals surface area contributed by atoms with Crippen molar-refractivity contribution in [1.29, 1.82) is 0 Å². The monoisotopic (exact) mass is 366 g/mol. The van der Waals surface area contributed by atoms with Crippen molar-refractivity contribution in [2.24, 2.45) is 0 Å². The van der Waals surface area contributed by atoms with Crippen LogP contribution in [0.2, 0.25) is 0 Å². The summed E-state index contributed by atoms with van der Waals surface area (Å²) in [5.74, 6) is 0.326. The average Bonchev–Trinajstić information content (AvgIpc) is 3.03. The van der Waals surface area contributed by atoms with Crippen LogP contribution in [0.3, 0.4) is 0 Å². The summed E-state index contributed by atoms with van der Waals surface area (Å²) >= 11 is 0. The minimum Gasteiger partial charge on any atom is -0.507 e. The second-order valence-corrected chi connectivity index (χ2v) is 8.56. The molecular weight excluding hydrogens is 336 g/mol. The molecule has 0 fully saturated rings. The Labute approximate surface area is 161 Å². The molecule has 5 nitrogen and oxygen atoms in total. The van der Waals surface area contributed by atoms with Crippen LogP contribution in [-0.2, 0) is 5.41 Å². The van der Waals surface area contributed by atoms with E-state index in [1.165, 1.54) is 0 Å². The number of nitrogens with zero attached hydrogens (tertiary/aromatic N) is 4. The molecule has 2 aromatic heterocycles. The number of aromatic nitrogens is 4. The number of phenolic OH excluding ortho intramolecular Hbond substituents is 1. The van der Waals surface area contributed by atoms with Gasteiger partial charge in [0.2, 0.25) is 0 Å². The summed E-state index contributed by atoms with van der Waals surface area (Å²) in [5, 5.41) is 20.8. The maximum atomic E-state index is 11.3. The standard InChI is InChI=1S/C22H30N4O/c1-13-9-10-18(22(6,7)8)20(27)19(13)21(25-16(4)11-14(2)23-25)26-17(5)12-15(3)24-26/h9-12,21,27H,1-8H3. The zero-order chi connectivity index (χ0) is 20.1. The number of aromatic hydroxyl groups is 1. The third-order valence-electron chi connectivity index (χ3n) is 5.05. The normalized spacial score (nSPS) is 12.2. The van der Waals surface area contributed by atoms with Crippen molar-refractivity contribution in [3.63, 3.8) is 0 Å². The summed E-state index contributed by atoms with van der Waals surface area (Å²) < 4.78 is 3.92. The van der Waals surface area contributed by atoms with E-state index in [1.807, 2.05) is 50.0 Å². The molecule has 0 spiro atoms. The van der Waals surface area contributed by atoms with Gasteiger partial charge in [-0.25, -0.2) is 9.36 Å². The van der Waals surface area contributed by atoms with E-state index >= 15 is 0 Å². The fourth-order valence-electron chi connectivity index (χ4n) is 3.78. The predicted molar refractivity (Wildman–Crippen MR) is 108 cm³/mol. The maximum absolute atomic E-state index is 11.3. The van der Waals surface area contributed by atoms with Crippen LogP contribution < -0.4 is 0 Å². The first kappa shape index (κ1) is 19.2. The van der Waals surface area contributed by atoms with Crippen molar-refractivity contribution in [3.8, 4) is 5.75 Å². The molecular formula is C22H30N4O. The lowest BCUT2D eigenvalue weighted by molar-refractivity contribution is 0.371. The Hall–Kier alpha value is -2.56. The zero-order valence-electron chi connectivity index (χ0n) is 17.6. The van der Waals surface area contributed by atoms with Gasteiger partial charge < -0.3 is 5.11 Å². The third-order valence-corrected chi connectivity index (χ3v) is 5.05. The summed E-state index contributed by atoms with van der Waals surface area (Å²) in [5.41, 5.74) is 6.59. The maximum Gasteiger partial charge on any atom is 0.173 e. The summed E-state index contributed by atoms with van der Waals surface area (Å²) in [4.78, 5) is 0. The molecule has 1 N–H and O–H groups in total. The third kappa shape index (κ3) is 3.38. The second kappa shape index (κ2) is 6.55. The number of aryl methyl sites for hydroxylation is 5. The number of hydrogen-bond donors (Lipinski definition) is 1. The molecule has 2 heterocycles. The molecule has 3 rings (SSSR count). The zero-order valence-corrected chi connectivity index (χ0v) is 17.6. The molecule has 0 saturated heterocycles. The van der Waals surface area contributed by atoms with Gasteiger partial charge in [0.05, 0.1) is 11.4 Å². The van der Waals surface area contributed by atoms with Gasteiger partial charge in [-0.2, -0.15) is 10.2 Å². The molecule has 3 aromatic rings. The lowest BCUT2D eigenvalue weighted by atomic mass is 9.83. The van der Waals surface area contributed by atoms with Crippen molar-refractivity contribution in [2.45, 2.75) is 67.0 Å². The number of phenols is 1. The van der Waals surface area contributed by atoms with Crippen molar-refractivity contribution in [3.05, 3.63) is 63.7 Å². The first-order chi connectivity index (χ1) is 12.5. The number of benzene rings is 1. The molecule has 0 atom stereocenters. The van der Waals surface area contributed by atoms with Crippen LogP contribution >= 0.6 is 0 Å². The number of hydrogen-bond acceptors (Lipinski definition) is 3. The highest BCUT2D eigenvalue weighted by Crippen LogP contribution is 2.40. The summed E-state index contributed by atoms with van der Waals surface area (Å²) in [6.07, 6.45) is -0.338. The first-order valence-electron chi connectivity index (χ1n) is 9.39. The average molecular weight is 367 g/mol. The molecule has 0 bridgehead atoms. The quantitative estimate of drug-likeness (QED) is 0.730. The van der Waals surface area contributed by atoms with E-state index < -0.39 is 0 Å². The van der Waals surface area contributed by atoms with Crippen LogP contribution in [0, 0.1) is 34.6 Å². The summed E-state index contributed by atoms with van der Waals surface area (Å²) in [7, 11) is 0. The van der Waals surface area contributed by atoms with E-state index in [4.69, 9.17) is 10.2 Å². The highest BCUT2D eigenvalue weighted by Gasteiger charge is 2.30. The van der Waals surface area contributed by atoms with E-state index in [0.717, 1.165) is 39.5 Å². The van der Waals surface area contributed by atoms with Gasteiger partial charge >= 0.3 is 0 Å². The van der Waals surface area contributed by atoms with Crippen molar-refractivity contribution in [2.75, 3.05) is 0 Å². The van der Waals surface area contributed by atoms with E-state index in [2.05, 4.69) is 39.0 Å². The lowest BCUT2D eigenvalue weighted by Gasteiger charge is -2.28. The van der Waals surface area contributed by atoms with Crippen molar-refractivity contribution >= 4 is 0 Å². The van der Waals surface area contributed by atoms with Crippen LogP contribution in [0.25, 0.3) is 0 Å². The molecule has 0 aliphatic heterocycles. The molecule has 0 unspecified atom stereocenters. The highest BCUT2D eigenvalue weighted by atomic mass is 16.3. The van der Waals surface area contributed by atoms with Gasteiger partial charge in [0.25, 0.3) is 0 Å². The summed E-state index contributed by atoms with van der Waals surface area (Å²) in [6, 6.07) is 8.21. The molecule has 1 aromatic carbocycles. The Morgan fingerprint density at radius 1 is 0.852 bits per heavy atom. The Balaban J connectivity index is 2.36. The van der Waals surface area contributed by atoms with Crippen molar-refractivity contribution in [1.82, 2.24) is 19.6 Å². The van der Waals surface area contributed by atoms with Gasteiger partial charge in [-0.15, -0.1) is 0 Å². The second-order valence-electron chi connectivity index (χ2n) is 8.56. The van der Waals surface area contributed by atoms with Crippen molar-refractivity contribution < 1.29 is 5.11 Å². The smallest absolute Gasteiger partial charge is 0.173 e. The van der Waals surface area contributed by atoms with Gasteiger partial charge in [0, 0.05) is 17.0 Å². The SMILES string of the molecule is Cc1cc(C)n(C(c2c(C)ccc(C(C)(C)C)c2O)n2nc(C)cc2C)n1. The highest BCUT2D eigenvalue weighted by molar-refractivity contribution is 5.50. The molecule has 0 aliphatic carbocycles. The van der Waals surface area contributed by atoms with Crippen LogP contribution in [0.4, 0.5) is 0 Å². The first-order valence-corrected chi connectivity index (χ1v) is 9.39. The van der Waals surface area contributed by atoms with Gasteiger partial charge in [0.1, 0.15) is 5.75 Å². The molecule has 27 heavy (non-hydrogen) atoms.